The van der Waals surface area contributed by atoms with Crippen molar-refractivity contribution in [2.24, 2.45) is 0 Å². The lowest BCUT2D eigenvalue weighted by molar-refractivity contribution is 0.414. The molecule has 1 heterocycles. The Morgan fingerprint density at radius 3 is 3.05 bits per heavy atom. The molecule has 1 aromatic carbocycles. The number of hydrogen-bond donors (Lipinski definition) is 2. The second kappa shape index (κ2) is 5.67. The minimum absolute atomic E-state index is 0.812. The number of aromatic amines is 1. The van der Waals surface area contributed by atoms with E-state index in [-0.39, 0.29) is 0 Å². The average Bonchev–Trinajstić information content (AvgIpc) is 2.90. The third-order valence-corrected chi connectivity index (χ3v) is 3.76. The number of aryl methyl sites for hydroxylation is 2. The predicted molar refractivity (Wildman–Crippen MR) is 80.0 cm³/mol. The first-order valence-corrected chi connectivity index (χ1v) is 7.27. The Labute approximate surface area is 119 Å². The van der Waals surface area contributed by atoms with Crippen LogP contribution in [0.4, 0.5) is 0 Å². The summed E-state index contributed by atoms with van der Waals surface area (Å²) in [6.07, 6.45) is 3.21. The van der Waals surface area contributed by atoms with Crippen LogP contribution in [0.5, 0.6) is 5.75 Å². The molecule has 3 rings (SSSR count). The predicted octanol–water partition coefficient (Wildman–Crippen LogP) is 2.68. The van der Waals surface area contributed by atoms with Gasteiger partial charge in [-0.15, -0.1) is 0 Å². The van der Waals surface area contributed by atoms with Gasteiger partial charge >= 0.3 is 0 Å². The highest BCUT2D eigenvalue weighted by Crippen LogP contribution is 2.33. The van der Waals surface area contributed by atoms with Crippen molar-refractivity contribution in [3.8, 4) is 17.0 Å². The minimum atomic E-state index is 0.812. The van der Waals surface area contributed by atoms with Gasteiger partial charge < -0.3 is 15.0 Å². The summed E-state index contributed by atoms with van der Waals surface area (Å²) in [4.78, 5) is 8.22. The third kappa shape index (κ3) is 2.43. The zero-order chi connectivity index (χ0) is 13.9. The van der Waals surface area contributed by atoms with E-state index >= 15 is 0 Å². The lowest BCUT2D eigenvalue weighted by atomic mass is 9.92. The van der Waals surface area contributed by atoms with Gasteiger partial charge in [-0.1, -0.05) is 6.92 Å². The molecule has 0 saturated heterocycles. The standard InChI is InChI=1S/C16H21N3O/c1-3-8-17-10-15-18-14-7-4-11-9-12(20-2)5-6-13(11)16(14)19-15/h5-6,9,17H,3-4,7-8,10H2,1-2H3,(H,18,19). The van der Waals surface area contributed by atoms with Crippen molar-refractivity contribution in [1.29, 1.82) is 0 Å². The van der Waals surface area contributed by atoms with Gasteiger partial charge in [0.05, 0.1) is 19.3 Å². The molecule has 106 valence electrons. The Morgan fingerprint density at radius 1 is 1.35 bits per heavy atom. The first-order chi connectivity index (χ1) is 9.81. The van der Waals surface area contributed by atoms with Gasteiger partial charge in [-0.05, 0) is 49.6 Å². The van der Waals surface area contributed by atoms with Crippen LogP contribution in [-0.2, 0) is 19.4 Å². The Balaban J connectivity index is 1.87. The largest absolute Gasteiger partial charge is 0.497 e. The van der Waals surface area contributed by atoms with Crippen LogP contribution in [0.3, 0.4) is 0 Å². The van der Waals surface area contributed by atoms with E-state index in [0.29, 0.717) is 0 Å². The van der Waals surface area contributed by atoms with E-state index in [4.69, 9.17) is 9.72 Å². The van der Waals surface area contributed by atoms with Gasteiger partial charge in [-0.3, -0.25) is 0 Å². The molecule has 1 aliphatic rings. The van der Waals surface area contributed by atoms with Crippen LogP contribution in [0.2, 0.25) is 0 Å². The number of fused-ring (bicyclic) bond motifs is 3. The number of benzene rings is 1. The monoisotopic (exact) mass is 271 g/mol. The number of rotatable bonds is 5. The van der Waals surface area contributed by atoms with E-state index < -0.39 is 0 Å². The normalized spacial score (nSPS) is 12.9. The van der Waals surface area contributed by atoms with Crippen molar-refractivity contribution in [3.63, 3.8) is 0 Å². The molecule has 4 heteroatoms. The summed E-state index contributed by atoms with van der Waals surface area (Å²) in [5, 5.41) is 3.39. The molecule has 20 heavy (non-hydrogen) atoms. The molecule has 0 fully saturated rings. The number of hydrogen-bond acceptors (Lipinski definition) is 3. The van der Waals surface area contributed by atoms with Gasteiger partial charge in [0.25, 0.3) is 0 Å². The number of H-pyrrole nitrogens is 1. The van der Waals surface area contributed by atoms with Crippen molar-refractivity contribution in [3.05, 3.63) is 35.3 Å². The van der Waals surface area contributed by atoms with E-state index in [1.807, 2.05) is 6.07 Å². The third-order valence-electron chi connectivity index (χ3n) is 3.76. The molecule has 2 N–H and O–H groups in total. The highest BCUT2D eigenvalue weighted by Gasteiger charge is 2.20. The smallest absolute Gasteiger partial charge is 0.121 e. The fraction of sp³-hybridized carbons (Fsp3) is 0.438. The number of nitrogens with zero attached hydrogens (tertiary/aromatic N) is 1. The van der Waals surface area contributed by atoms with Crippen LogP contribution >= 0.6 is 0 Å². The SMILES string of the molecule is CCCNCc1nc2c([nH]1)CCc1cc(OC)ccc1-2. The van der Waals surface area contributed by atoms with Crippen molar-refractivity contribution in [1.82, 2.24) is 15.3 Å². The fourth-order valence-corrected chi connectivity index (χ4v) is 2.73. The molecular weight excluding hydrogens is 250 g/mol. The molecule has 0 unspecified atom stereocenters. The molecule has 0 saturated carbocycles. The van der Waals surface area contributed by atoms with Crippen molar-refractivity contribution in [2.75, 3.05) is 13.7 Å². The Bertz CT molecular complexity index is 604. The van der Waals surface area contributed by atoms with Gasteiger partial charge in [-0.2, -0.15) is 0 Å². The molecule has 0 aliphatic heterocycles. The first kappa shape index (κ1) is 13.2. The second-order valence-electron chi connectivity index (χ2n) is 5.21. The van der Waals surface area contributed by atoms with Crippen LogP contribution in [-0.4, -0.2) is 23.6 Å². The quantitative estimate of drug-likeness (QED) is 0.822. The summed E-state index contributed by atoms with van der Waals surface area (Å²) in [6.45, 7) is 4.01. The maximum absolute atomic E-state index is 5.30. The molecular formula is C16H21N3O. The van der Waals surface area contributed by atoms with E-state index in [2.05, 4.69) is 29.4 Å². The van der Waals surface area contributed by atoms with Crippen LogP contribution < -0.4 is 10.1 Å². The van der Waals surface area contributed by atoms with Crippen LogP contribution in [0, 0.1) is 0 Å². The number of ether oxygens (including phenoxy) is 1. The molecule has 0 spiro atoms. The number of nitrogens with one attached hydrogen (secondary N) is 2. The topological polar surface area (TPSA) is 49.9 Å². The first-order valence-electron chi connectivity index (χ1n) is 7.27. The van der Waals surface area contributed by atoms with Gasteiger partial charge in [0.1, 0.15) is 11.6 Å². The maximum atomic E-state index is 5.30. The Kier molecular flexibility index (Phi) is 3.74. The maximum Gasteiger partial charge on any atom is 0.121 e. The van der Waals surface area contributed by atoms with Crippen molar-refractivity contribution in [2.45, 2.75) is 32.7 Å². The summed E-state index contributed by atoms with van der Waals surface area (Å²) >= 11 is 0. The van der Waals surface area contributed by atoms with Crippen molar-refractivity contribution >= 4 is 0 Å². The molecule has 2 aromatic rings. The minimum Gasteiger partial charge on any atom is -0.497 e. The zero-order valence-corrected chi connectivity index (χ0v) is 12.1. The lowest BCUT2D eigenvalue weighted by Crippen LogP contribution is -2.14. The van der Waals surface area contributed by atoms with Gasteiger partial charge in [0, 0.05) is 11.3 Å². The second-order valence-corrected chi connectivity index (χ2v) is 5.21. The summed E-state index contributed by atoms with van der Waals surface area (Å²) in [5.74, 6) is 1.96. The molecule has 1 aromatic heterocycles. The van der Waals surface area contributed by atoms with Gasteiger partial charge in [0.15, 0.2) is 0 Å². The summed E-state index contributed by atoms with van der Waals surface area (Å²) in [5.41, 5.74) is 4.94. The Hall–Kier alpha value is -1.81. The lowest BCUT2D eigenvalue weighted by Gasteiger charge is -2.15. The molecule has 4 nitrogen and oxygen atoms in total. The summed E-state index contributed by atoms with van der Waals surface area (Å²) < 4.78 is 5.30. The van der Waals surface area contributed by atoms with E-state index in [1.165, 1.54) is 16.8 Å². The van der Waals surface area contributed by atoms with Crippen LogP contribution in [0.15, 0.2) is 18.2 Å². The molecule has 1 aliphatic carbocycles. The highest BCUT2D eigenvalue weighted by molar-refractivity contribution is 5.69. The molecule has 0 amide bonds. The van der Waals surface area contributed by atoms with Gasteiger partial charge in [-0.25, -0.2) is 4.98 Å². The summed E-state index contributed by atoms with van der Waals surface area (Å²) in [7, 11) is 1.71. The average molecular weight is 271 g/mol. The van der Waals surface area contributed by atoms with E-state index in [0.717, 1.165) is 49.6 Å². The number of methoxy groups -OCH3 is 1. The van der Waals surface area contributed by atoms with Crippen molar-refractivity contribution < 1.29 is 4.74 Å². The number of aromatic nitrogens is 2. The molecule has 0 atom stereocenters. The van der Waals surface area contributed by atoms with Gasteiger partial charge in [0.2, 0.25) is 0 Å². The van der Waals surface area contributed by atoms with Crippen LogP contribution in [0.1, 0.15) is 30.4 Å². The Morgan fingerprint density at radius 2 is 2.25 bits per heavy atom. The van der Waals surface area contributed by atoms with Crippen LogP contribution in [0.25, 0.3) is 11.3 Å². The van der Waals surface area contributed by atoms with E-state index in [1.54, 1.807) is 7.11 Å². The highest BCUT2D eigenvalue weighted by atomic mass is 16.5. The van der Waals surface area contributed by atoms with E-state index in [9.17, 15) is 0 Å². The zero-order valence-electron chi connectivity index (χ0n) is 12.1. The number of imidazole rings is 1. The molecule has 0 bridgehead atoms. The summed E-state index contributed by atoms with van der Waals surface area (Å²) in [6, 6.07) is 6.26. The molecule has 0 radical (unpaired) electrons. The fourth-order valence-electron chi connectivity index (χ4n) is 2.73.